The molecule has 3 aromatic rings. The minimum Gasteiger partial charge on any atom is -0.497 e. The van der Waals surface area contributed by atoms with Crippen LogP contribution in [-0.2, 0) is 13.1 Å². The number of aryl methyl sites for hydroxylation is 1. The lowest BCUT2D eigenvalue weighted by Gasteiger charge is -2.03. The number of pyridine rings is 1. The van der Waals surface area contributed by atoms with Crippen LogP contribution in [0.15, 0.2) is 42.7 Å². The number of aliphatic hydroxyl groups excluding tert-OH is 1. The summed E-state index contributed by atoms with van der Waals surface area (Å²) in [6.07, 6.45) is 3.72. The maximum absolute atomic E-state index is 12.4. The van der Waals surface area contributed by atoms with Gasteiger partial charge in [-0.2, -0.15) is 4.57 Å². The van der Waals surface area contributed by atoms with E-state index in [0.717, 1.165) is 22.6 Å². The third-order valence-electron chi connectivity index (χ3n) is 4.00. The summed E-state index contributed by atoms with van der Waals surface area (Å²) in [7, 11) is 1.60. The number of hydrogen-bond donors (Lipinski definition) is 1. The van der Waals surface area contributed by atoms with Crippen LogP contribution in [-0.4, -0.2) is 34.2 Å². The summed E-state index contributed by atoms with van der Waals surface area (Å²) in [4.78, 5) is 16.9. The van der Waals surface area contributed by atoms with E-state index in [1.165, 1.54) is 0 Å². The van der Waals surface area contributed by atoms with Crippen molar-refractivity contribution in [1.29, 1.82) is 0 Å². The van der Waals surface area contributed by atoms with Gasteiger partial charge >= 0.3 is 0 Å². The van der Waals surface area contributed by atoms with Gasteiger partial charge in [-0.05, 0) is 31.2 Å². The van der Waals surface area contributed by atoms with Gasteiger partial charge in [0, 0.05) is 18.2 Å². The molecule has 0 amide bonds. The second-order valence-corrected chi connectivity index (χ2v) is 5.57. The Balaban J connectivity index is 1.83. The number of rotatable bonds is 6. The Kier molecular flexibility index (Phi) is 4.57. The van der Waals surface area contributed by atoms with E-state index in [4.69, 9.17) is 9.84 Å². The first-order chi connectivity index (χ1) is 11.6. The summed E-state index contributed by atoms with van der Waals surface area (Å²) in [5.41, 5.74) is 2.41. The summed E-state index contributed by atoms with van der Waals surface area (Å²) >= 11 is 0. The highest BCUT2D eigenvalue weighted by atomic mass is 16.5. The SMILES string of the molecule is COc1ccc(C(=O)C[n+]2ccc3c(c2)nc(C)n3CCO)cc1. The summed E-state index contributed by atoms with van der Waals surface area (Å²) in [6, 6.07) is 9.01. The van der Waals surface area contributed by atoms with Gasteiger partial charge in [0.2, 0.25) is 12.3 Å². The van der Waals surface area contributed by atoms with Crippen LogP contribution < -0.4 is 9.30 Å². The minimum absolute atomic E-state index is 0.0218. The maximum atomic E-state index is 12.4. The van der Waals surface area contributed by atoms with Crippen LogP contribution in [0.1, 0.15) is 16.2 Å². The van der Waals surface area contributed by atoms with Gasteiger partial charge in [-0.3, -0.25) is 4.79 Å². The average molecular weight is 326 g/mol. The first-order valence-corrected chi connectivity index (χ1v) is 7.76. The number of methoxy groups -OCH3 is 1. The van der Waals surface area contributed by atoms with Crippen LogP contribution in [0.3, 0.4) is 0 Å². The van der Waals surface area contributed by atoms with Gasteiger partial charge in [-0.15, -0.1) is 0 Å². The molecule has 24 heavy (non-hydrogen) atoms. The van der Waals surface area contributed by atoms with Gasteiger partial charge in [-0.1, -0.05) is 0 Å². The molecule has 0 atom stereocenters. The third kappa shape index (κ3) is 3.14. The van der Waals surface area contributed by atoms with Gasteiger partial charge in [0.25, 0.3) is 0 Å². The number of carbonyl (C=O) groups excluding carboxylic acids is 1. The smallest absolute Gasteiger partial charge is 0.227 e. The monoisotopic (exact) mass is 326 g/mol. The highest BCUT2D eigenvalue weighted by Gasteiger charge is 2.15. The Bertz CT molecular complexity index is 869. The summed E-state index contributed by atoms with van der Waals surface area (Å²) < 4.78 is 8.89. The van der Waals surface area contributed by atoms with E-state index in [9.17, 15) is 4.79 Å². The quantitative estimate of drug-likeness (QED) is 0.551. The van der Waals surface area contributed by atoms with Crippen molar-refractivity contribution in [2.24, 2.45) is 0 Å². The van der Waals surface area contributed by atoms with E-state index in [0.29, 0.717) is 12.1 Å². The summed E-state index contributed by atoms with van der Waals surface area (Å²) in [5, 5.41) is 9.15. The lowest BCUT2D eigenvalue weighted by molar-refractivity contribution is -0.681. The van der Waals surface area contributed by atoms with Gasteiger partial charge < -0.3 is 14.4 Å². The lowest BCUT2D eigenvalue weighted by Crippen LogP contribution is -2.37. The van der Waals surface area contributed by atoms with Crippen molar-refractivity contribution in [1.82, 2.24) is 9.55 Å². The van der Waals surface area contributed by atoms with E-state index in [2.05, 4.69) is 4.98 Å². The van der Waals surface area contributed by atoms with E-state index in [1.807, 2.05) is 34.5 Å². The van der Waals surface area contributed by atoms with Crippen LogP contribution in [0.5, 0.6) is 5.75 Å². The number of nitrogens with zero attached hydrogens (tertiary/aromatic N) is 3. The van der Waals surface area contributed by atoms with Crippen LogP contribution >= 0.6 is 0 Å². The highest BCUT2D eigenvalue weighted by Crippen LogP contribution is 2.14. The summed E-state index contributed by atoms with van der Waals surface area (Å²) in [5.74, 6) is 1.59. The molecule has 124 valence electrons. The Morgan fingerprint density at radius 2 is 2.04 bits per heavy atom. The van der Waals surface area contributed by atoms with Crippen molar-refractivity contribution in [2.75, 3.05) is 13.7 Å². The highest BCUT2D eigenvalue weighted by molar-refractivity contribution is 5.95. The van der Waals surface area contributed by atoms with Crippen molar-refractivity contribution in [3.8, 4) is 5.75 Å². The Morgan fingerprint density at radius 3 is 2.71 bits per heavy atom. The molecule has 6 heteroatoms. The molecular weight excluding hydrogens is 306 g/mol. The normalized spacial score (nSPS) is 11.0. The molecule has 0 unspecified atom stereocenters. The number of fused-ring (bicyclic) bond motifs is 1. The number of imidazole rings is 1. The molecule has 0 spiro atoms. The van der Waals surface area contributed by atoms with Gasteiger partial charge in [0.15, 0.2) is 17.9 Å². The van der Waals surface area contributed by atoms with E-state index in [-0.39, 0.29) is 18.9 Å². The molecule has 3 rings (SSSR count). The van der Waals surface area contributed by atoms with E-state index >= 15 is 0 Å². The topological polar surface area (TPSA) is 68.2 Å². The molecule has 2 heterocycles. The first-order valence-electron chi connectivity index (χ1n) is 7.76. The molecule has 0 bridgehead atoms. The molecule has 0 aliphatic heterocycles. The van der Waals surface area contributed by atoms with Crippen molar-refractivity contribution in [2.45, 2.75) is 20.0 Å². The molecule has 2 aromatic heterocycles. The fraction of sp³-hybridized carbons (Fsp3) is 0.278. The number of benzene rings is 1. The zero-order valence-corrected chi connectivity index (χ0v) is 13.8. The van der Waals surface area contributed by atoms with Gasteiger partial charge in [0.1, 0.15) is 11.6 Å². The number of ketones is 1. The van der Waals surface area contributed by atoms with Crippen molar-refractivity contribution in [3.63, 3.8) is 0 Å². The Labute approximate surface area is 139 Å². The molecule has 0 aliphatic carbocycles. The molecule has 6 nitrogen and oxygen atoms in total. The molecular formula is C18H20N3O3+. The first kappa shape index (κ1) is 16.1. The van der Waals surface area contributed by atoms with Crippen LogP contribution in [0.2, 0.25) is 0 Å². The zero-order chi connectivity index (χ0) is 17.1. The van der Waals surface area contributed by atoms with E-state index < -0.39 is 0 Å². The number of aromatic nitrogens is 3. The van der Waals surface area contributed by atoms with Crippen molar-refractivity contribution in [3.05, 3.63) is 54.1 Å². The number of carbonyl (C=O) groups is 1. The predicted molar refractivity (Wildman–Crippen MR) is 89.1 cm³/mol. The molecule has 0 saturated heterocycles. The maximum Gasteiger partial charge on any atom is 0.227 e. The number of Topliss-reactive ketones (excluding diaryl/α,β-unsaturated/α-hetero) is 1. The van der Waals surface area contributed by atoms with Gasteiger partial charge in [-0.25, -0.2) is 4.98 Å². The van der Waals surface area contributed by atoms with Crippen molar-refractivity contribution < 1.29 is 19.2 Å². The number of ether oxygens (including phenoxy) is 1. The van der Waals surface area contributed by atoms with Crippen molar-refractivity contribution >= 4 is 16.8 Å². The Morgan fingerprint density at radius 1 is 1.29 bits per heavy atom. The molecule has 0 saturated carbocycles. The second kappa shape index (κ2) is 6.80. The predicted octanol–water partition coefficient (Wildman–Crippen LogP) is 1.52. The third-order valence-corrected chi connectivity index (χ3v) is 4.00. The minimum atomic E-state index is 0.0218. The van der Waals surface area contributed by atoms with Crippen LogP contribution in [0.4, 0.5) is 0 Å². The Hall–Kier alpha value is -2.73. The number of aliphatic hydroxyl groups is 1. The van der Waals surface area contributed by atoms with Gasteiger partial charge in [0.05, 0.1) is 19.2 Å². The molecule has 1 N–H and O–H groups in total. The summed E-state index contributed by atoms with van der Waals surface area (Å²) in [6.45, 7) is 2.73. The molecule has 0 radical (unpaired) electrons. The fourth-order valence-electron chi connectivity index (χ4n) is 2.76. The second-order valence-electron chi connectivity index (χ2n) is 5.57. The average Bonchev–Trinajstić information content (AvgIpc) is 2.90. The van der Waals surface area contributed by atoms with Crippen LogP contribution in [0, 0.1) is 6.92 Å². The number of hydrogen-bond acceptors (Lipinski definition) is 4. The molecule has 1 aromatic carbocycles. The standard InChI is InChI=1S/C18H20N3O3/c1-13-19-16-11-20(8-7-17(16)21(13)9-10-22)12-18(23)14-3-5-15(24-2)6-4-14/h3-8,11,22H,9-10,12H2,1-2H3/q+1. The molecule has 0 fully saturated rings. The van der Waals surface area contributed by atoms with Crippen LogP contribution in [0.25, 0.3) is 11.0 Å². The van der Waals surface area contributed by atoms with E-state index in [1.54, 1.807) is 31.4 Å². The molecule has 0 aliphatic rings. The largest absolute Gasteiger partial charge is 0.497 e. The lowest BCUT2D eigenvalue weighted by atomic mass is 10.1. The zero-order valence-electron chi connectivity index (χ0n) is 13.8. The fourth-order valence-corrected chi connectivity index (χ4v) is 2.76.